The zero-order valence-corrected chi connectivity index (χ0v) is 21.6. The van der Waals surface area contributed by atoms with Gasteiger partial charge in [-0.3, -0.25) is 0 Å². The van der Waals surface area contributed by atoms with E-state index in [0.717, 1.165) is 18.2 Å². The molecule has 0 aliphatic heterocycles. The molecule has 2 aromatic rings. The van der Waals surface area contributed by atoms with Gasteiger partial charge in [-0.1, -0.05) is 30.3 Å². The number of hydrogen-bond acceptors (Lipinski definition) is 3. The minimum absolute atomic E-state index is 0. The van der Waals surface area contributed by atoms with E-state index in [0.29, 0.717) is 18.2 Å². The van der Waals surface area contributed by atoms with Crippen molar-refractivity contribution in [3.05, 3.63) is 42.0 Å². The summed E-state index contributed by atoms with van der Waals surface area (Å²) in [4.78, 5) is -1.09. The zero-order valence-electron chi connectivity index (χ0n) is 17.7. The van der Waals surface area contributed by atoms with E-state index in [1.807, 2.05) is 0 Å². The van der Waals surface area contributed by atoms with Gasteiger partial charge in [-0.15, -0.1) is 0 Å². The van der Waals surface area contributed by atoms with E-state index in [1.54, 1.807) is 0 Å². The maximum atomic E-state index is 14.3. The van der Waals surface area contributed by atoms with Crippen molar-refractivity contribution in [3.63, 3.8) is 0 Å². The first kappa shape index (κ1) is 34.3. The molecule has 0 aromatic heterocycles. The van der Waals surface area contributed by atoms with Gasteiger partial charge in [-0.05, 0) is 22.4 Å². The number of halogens is 14. The van der Waals surface area contributed by atoms with Crippen LogP contribution in [0, 0.1) is 0 Å². The van der Waals surface area contributed by atoms with E-state index in [9.17, 15) is 74.4 Å². The summed E-state index contributed by atoms with van der Waals surface area (Å²) in [7, 11) is -5.32. The monoisotopic (exact) mass is 610 g/mol. The van der Waals surface area contributed by atoms with Crippen molar-refractivity contribution >= 4 is 20.9 Å². The molecule has 0 saturated heterocycles. The van der Waals surface area contributed by atoms with Gasteiger partial charge in [0, 0.05) is 6.42 Å². The molecule has 0 amide bonds. The van der Waals surface area contributed by atoms with Crippen LogP contribution in [0.3, 0.4) is 0 Å². The summed E-state index contributed by atoms with van der Waals surface area (Å²) >= 11 is 0. The first-order valence-electron chi connectivity index (χ1n) is 8.89. The normalized spacial score (nSPS) is 14.7. The first-order valence-corrected chi connectivity index (χ1v) is 10.3. The van der Waals surface area contributed by atoms with Crippen LogP contribution in [0.4, 0.5) is 61.5 Å². The summed E-state index contributed by atoms with van der Waals surface area (Å²) in [5, 5.41) is -1.47. The first-order chi connectivity index (χ1) is 15.9. The van der Waals surface area contributed by atoms with E-state index in [-0.39, 0.29) is 51.4 Å². The van der Waals surface area contributed by atoms with E-state index < -0.39 is 79.7 Å². The van der Waals surface area contributed by atoms with Crippen molar-refractivity contribution in [2.45, 2.75) is 53.3 Å². The smallest absolute Gasteiger partial charge is 0.744 e. The summed E-state index contributed by atoms with van der Waals surface area (Å²) in [6.07, 6.45) is -8.49. The van der Waals surface area contributed by atoms with Crippen LogP contribution in [0.2, 0.25) is 0 Å². The van der Waals surface area contributed by atoms with E-state index in [4.69, 9.17) is 0 Å². The molecule has 0 saturated carbocycles. The Kier molecular flexibility index (Phi) is 9.59. The van der Waals surface area contributed by atoms with Crippen LogP contribution in [0.5, 0.6) is 0 Å². The van der Waals surface area contributed by atoms with Crippen molar-refractivity contribution in [1.29, 1.82) is 0 Å². The predicted molar refractivity (Wildman–Crippen MR) is 91.3 cm³/mol. The minimum Gasteiger partial charge on any atom is -0.744 e. The van der Waals surface area contributed by atoms with Crippen LogP contribution in [0.1, 0.15) is 5.56 Å². The van der Waals surface area contributed by atoms with Crippen LogP contribution in [0.25, 0.3) is 10.8 Å². The van der Waals surface area contributed by atoms with Gasteiger partial charge in [0.2, 0.25) is 0 Å². The molecule has 0 atom stereocenters. The predicted octanol–water partition coefficient (Wildman–Crippen LogP) is 3.37. The molecule has 0 radical (unpaired) electrons. The SMILES string of the molecule is O=S(=O)([O-])c1cccc2c(CC(F)(F)C(F)(F)C(F)(F)C(F)(F)C(F)(F)C(F)(F)C(F)F)cccc12.[K+]. The van der Waals surface area contributed by atoms with Crippen LogP contribution >= 0.6 is 0 Å². The molecule has 3 nitrogen and oxygen atoms in total. The van der Waals surface area contributed by atoms with E-state index in [2.05, 4.69) is 0 Å². The van der Waals surface area contributed by atoms with Crippen LogP contribution in [0.15, 0.2) is 41.3 Å². The van der Waals surface area contributed by atoms with Gasteiger partial charge in [0.05, 0.1) is 4.90 Å². The van der Waals surface area contributed by atoms with Crippen molar-refractivity contribution in [2.75, 3.05) is 0 Å². The average Bonchev–Trinajstić information content (AvgIpc) is 2.71. The largest absolute Gasteiger partial charge is 1.00 e. The van der Waals surface area contributed by atoms with Crippen molar-refractivity contribution in [2.24, 2.45) is 0 Å². The van der Waals surface area contributed by atoms with Crippen molar-refractivity contribution in [3.8, 4) is 0 Å². The Balaban J connectivity index is 0.00000684. The zero-order chi connectivity index (χ0) is 28.3. The standard InChI is InChI=1S/C18H10F14O3S.K/c19-12(20)14(23,24)16(27,28)18(31,32)17(29,30)15(25,26)13(21,22)7-8-3-1-5-10-9(8)4-2-6-11(10)36(33,34)35;/h1-6,12H,7H2,(H,33,34,35);/q;+1/p-1. The second kappa shape index (κ2) is 10.3. The molecule has 204 valence electrons. The van der Waals surface area contributed by atoms with Gasteiger partial charge in [0.1, 0.15) is 10.1 Å². The summed E-state index contributed by atoms with van der Waals surface area (Å²) in [5.74, 6) is -45.5. The van der Waals surface area contributed by atoms with Gasteiger partial charge in [0.25, 0.3) is 0 Å². The van der Waals surface area contributed by atoms with Gasteiger partial charge in [-0.2, -0.15) is 52.7 Å². The topological polar surface area (TPSA) is 57.2 Å². The van der Waals surface area contributed by atoms with Gasteiger partial charge in [-0.25, -0.2) is 17.2 Å². The Hall–Kier alpha value is -0.734. The molecule has 0 N–H and O–H groups in total. The molecule has 37 heavy (non-hydrogen) atoms. The van der Waals surface area contributed by atoms with Crippen molar-refractivity contribution in [1.82, 2.24) is 0 Å². The molecule has 2 rings (SSSR count). The molecular formula is C18H9F14KO3S. The van der Waals surface area contributed by atoms with Gasteiger partial charge in [0.15, 0.2) is 0 Å². The molecule has 2 aromatic carbocycles. The van der Waals surface area contributed by atoms with Crippen molar-refractivity contribution < 1.29 is 126 Å². The van der Waals surface area contributed by atoms with Crippen LogP contribution in [-0.2, 0) is 16.5 Å². The van der Waals surface area contributed by atoms with E-state index >= 15 is 0 Å². The maximum absolute atomic E-state index is 14.3. The fourth-order valence-corrected chi connectivity index (χ4v) is 3.73. The fraction of sp³-hybridized carbons (Fsp3) is 0.444. The number of rotatable bonds is 9. The Morgan fingerprint density at radius 3 is 1.57 bits per heavy atom. The fourth-order valence-electron chi connectivity index (χ4n) is 3.04. The molecule has 0 bridgehead atoms. The second-order valence-corrected chi connectivity index (χ2v) is 8.67. The Labute approximate surface area is 240 Å². The van der Waals surface area contributed by atoms with Gasteiger partial charge >= 0.3 is 93.3 Å². The Bertz CT molecular complexity index is 1250. The number of benzene rings is 2. The molecule has 0 heterocycles. The van der Waals surface area contributed by atoms with Gasteiger partial charge < -0.3 is 4.55 Å². The maximum Gasteiger partial charge on any atom is 1.00 e. The third kappa shape index (κ3) is 5.37. The minimum atomic E-state index is -8.14. The third-order valence-corrected chi connectivity index (χ3v) is 5.88. The number of fused-ring (bicyclic) bond motifs is 1. The van der Waals surface area contributed by atoms with Crippen LogP contribution < -0.4 is 51.4 Å². The number of hydrogen-bond donors (Lipinski definition) is 0. The Morgan fingerprint density at radius 2 is 1.11 bits per heavy atom. The molecule has 0 aliphatic rings. The molecule has 0 aliphatic carbocycles. The summed E-state index contributed by atoms with van der Waals surface area (Å²) in [5.41, 5.74) is -1.19. The molecule has 0 fully saturated rings. The quantitative estimate of drug-likeness (QED) is 0.249. The second-order valence-electron chi connectivity index (χ2n) is 7.32. The molecule has 0 unspecified atom stereocenters. The molecule has 19 heteroatoms. The van der Waals surface area contributed by atoms with Crippen LogP contribution in [-0.4, -0.2) is 54.9 Å². The summed E-state index contributed by atoms with van der Waals surface area (Å²) in [6, 6.07) is 3.99. The van der Waals surface area contributed by atoms with E-state index in [1.165, 1.54) is 0 Å². The number of alkyl halides is 14. The average molecular weight is 610 g/mol. The summed E-state index contributed by atoms with van der Waals surface area (Å²) in [6.45, 7) is 0. The summed E-state index contributed by atoms with van der Waals surface area (Å²) < 4.78 is 222. The molecular weight excluding hydrogens is 601 g/mol. The Morgan fingerprint density at radius 1 is 0.676 bits per heavy atom. The molecule has 0 spiro atoms. The third-order valence-electron chi connectivity index (χ3n) is 4.99.